The quantitative estimate of drug-likeness (QED) is 0.467. The van der Waals surface area contributed by atoms with E-state index in [4.69, 9.17) is 9.47 Å². The molecule has 0 aliphatic rings. The van der Waals surface area contributed by atoms with Crippen molar-refractivity contribution in [2.75, 3.05) is 19.5 Å². The number of rotatable bonds is 7. The van der Waals surface area contributed by atoms with E-state index >= 15 is 0 Å². The molecule has 1 N–H and O–H groups in total. The van der Waals surface area contributed by atoms with Crippen molar-refractivity contribution in [2.24, 2.45) is 0 Å². The smallest absolute Gasteiger partial charge is 0.333 e. The maximum absolute atomic E-state index is 13.4. The van der Waals surface area contributed by atoms with Crippen LogP contribution in [0.4, 0.5) is 5.69 Å². The van der Waals surface area contributed by atoms with Crippen LogP contribution in [-0.4, -0.2) is 34.2 Å². The van der Waals surface area contributed by atoms with Crippen molar-refractivity contribution in [3.05, 3.63) is 93.3 Å². The Morgan fingerprint density at radius 3 is 2.36 bits per heavy atom. The molecule has 1 amide bonds. The zero-order chi connectivity index (χ0) is 23.4. The van der Waals surface area contributed by atoms with Crippen molar-refractivity contribution in [2.45, 2.75) is 13.1 Å². The standard InChI is InChI=1S/C24H22N4O5/c1-32-19-11-5-3-8-16(19)14-28-23(30)17-9-7-13-25-22(17)27(24(28)31)15-21(29)26-18-10-4-6-12-20(18)33-2/h3-13H,14-15H2,1-2H3,(H,26,29). The Hall–Kier alpha value is -4.40. The maximum Gasteiger partial charge on any atom is 0.333 e. The number of nitrogens with one attached hydrogen (secondary N) is 1. The van der Waals surface area contributed by atoms with Gasteiger partial charge in [-0.25, -0.2) is 9.78 Å². The average Bonchev–Trinajstić information content (AvgIpc) is 2.85. The van der Waals surface area contributed by atoms with Gasteiger partial charge in [0, 0.05) is 11.8 Å². The lowest BCUT2D eigenvalue weighted by Crippen LogP contribution is -2.42. The summed E-state index contributed by atoms with van der Waals surface area (Å²) in [6.45, 7) is -0.350. The normalized spacial score (nSPS) is 10.7. The second-order valence-corrected chi connectivity index (χ2v) is 7.19. The van der Waals surface area contributed by atoms with Gasteiger partial charge in [-0.1, -0.05) is 30.3 Å². The van der Waals surface area contributed by atoms with E-state index in [1.807, 2.05) is 0 Å². The summed E-state index contributed by atoms with van der Waals surface area (Å²) in [6, 6.07) is 17.3. The highest BCUT2D eigenvalue weighted by Gasteiger charge is 2.18. The van der Waals surface area contributed by atoms with Gasteiger partial charge in [-0.05, 0) is 30.3 Å². The predicted octanol–water partition coefficient (Wildman–Crippen LogP) is 2.26. The molecule has 33 heavy (non-hydrogen) atoms. The number of aromatic nitrogens is 3. The van der Waals surface area contributed by atoms with Crippen molar-refractivity contribution in [3.8, 4) is 11.5 Å². The number of benzene rings is 2. The summed E-state index contributed by atoms with van der Waals surface area (Å²) in [5.74, 6) is 0.578. The molecule has 0 saturated heterocycles. The third kappa shape index (κ3) is 4.33. The van der Waals surface area contributed by atoms with Crippen LogP contribution >= 0.6 is 0 Å². The summed E-state index contributed by atoms with van der Waals surface area (Å²) in [5, 5.41) is 2.98. The summed E-state index contributed by atoms with van der Waals surface area (Å²) in [7, 11) is 3.02. The van der Waals surface area contributed by atoms with Crippen LogP contribution in [0.1, 0.15) is 5.56 Å². The molecule has 2 aromatic carbocycles. The molecule has 2 heterocycles. The van der Waals surface area contributed by atoms with Crippen LogP contribution in [0.25, 0.3) is 11.0 Å². The predicted molar refractivity (Wildman–Crippen MR) is 124 cm³/mol. The van der Waals surface area contributed by atoms with Crippen LogP contribution in [0.15, 0.2) is 76.4 Å². The van der Waals surface area contributed by atoms with E-state index in [0.29, 0.717) is 22.7 Å². The molecule has 0 saturated carbocycles. The van der Waals surface area contributed by atoms with Crippen LogP contribution in [0.2, 0.25) is 0 Å². The van der Waals surface area contributed by atoms with Gasteiger partial charge in [0.1, 0.15) is 23.7 Å². The van der Waals surface area contributed by atoms with E-state index in [-0.39, 0.29) is 24.1 Å². The van der Waals surface area contributed by atoms with Gasteiger partial charge in [0.15, 0.2) is 0 Å². The van der Waals surface area contributed by atoms with E-state index < -0.39 is 17.2 Å². The molecule has 0 aliphatic heterocycles. The molecule has 9 nitrogen and oxygen atoms in total. The first-order valence-electron chi connectivity index (χ1n) is 10.2. The molecule has 0 atom stereocenters. The fourth-order valence-electron chi connectivity index (χ4n) is 3.61. The number of ether oxygens (including phenoxy) is 2. The molecule has 0 bridgehead atoms. The van der Waals surface area contributed by atoms with Crippen LogP contribution in [0, 0.1) is 0 Å². The first kappa shape index (κ1) is 21.8. The van der Waals surface area contributed by atoms with Gasteiger partial charge in [0.05, 0.1) is 31.8 Å². The average molecular weight is 446 g/mol. The van der Waals surface area contributed by atoms with E-state index in [1.165, 1.54) is 25.0 Å². The van der Waals surface area contributed by atoms with Crippen LogP contribution in [0.3, 0.4) is 0 Å². The molecule has 0 unspecified atom stereocenters. The van der Waals surface area contributed by atoms with Gasteiger partial charge >= 0.3 is 5.69 Å². The third-order valence-corrected chi connectivity index (χ3v) is 5.18. The molecule has 168 valence electrons. The van der Waals surface area contributed by atoms with Crippen molar-refractivity contribution in [3.63, 3.8) is 0 Å². The lowest BCUT2D eigenvalue weighted by atomic mass is 10.2. The molecule has 0 radical (unpaired) electrons. The summed E-state index contributed by atoms with van der Waals surface area (Å²) >= 11 is 0. The Morgan fingerprint density at radius 1 is 0.909 bits per heavy atom. The van der Waals surface area contributed by atoms with Crippen LogP contribution in [0.5, 0.6) is 11.5 Å². The van der Waals surface area contributed by atoms with Gasteiger partial charge in [0.2, 0.25) is 5.91 Å². The molecule has 0 fully saturated rings. The van der Waals surface area contributed by atoms with E-state index in [2.05, 4.69) is 10.3 Å². The molecular weight excluding hydrogens is 424 g/mol. The Balaban J connectivity index is 1.77. The van der Waals surface area contributed by atoms with Gasteiger partial charge in [-0.15, -0.1) is 0 Å². The largest absolute Gasteiger partial charge is 0.496 e. The summed E-state index contributed by atoms with van der Waals surface area (Å²) < 4.78 is 12.9. The van der Waals surface area contributed by atoms with Crippen molar-refractivity contribution in [1.29, 1.82) is 0 Å². The number of amides is 1. The molecular formula is C24H22N4O5. The van der Waals surface area contributed by atoms with E-state index in [1.54, 1.807) is 60.7 Å². The number of hydrogen-bond donors (Lipinski definition) is 1. The fourth-order valence-corrected chi connectivity index (χ4v) is 3.61. The van der Waals surface area contributed by atoms with E-state index in [0.717, 1.165) is 4.57 Å². The minimum Gasteiger partial charge on any atom is -0.496 e. The Labute approximate surface area is 188 Å². The molecule has 2 aromatic heterocycles. The Morgan fingerprint density at radius 2 is 1.61 bits per heavy atom. The fraction of sp³-hybridized carbons (Fsp3) is 0.167. The number of nitrogens with zero attached hydrogens (tertiary/aromatic N) is 3. The number of methoxy groups -OCH3 is 2. The highest BCUT2D eigenvalue weighted by Crippen LogP contribution is 2.23. The Kier molecular flexibility index (Phi) is 6.21. The van der Waals surface area contributed by atoms with Crippen molar-refractivity contribution in [1.82, 2.24) is 14.1 Å². The molecule has 4 rings (SSSR count). The summed E-state index contributed by atoms with van der Waals surface area (Å²) in [6.07, 6.45) is 1.47. The van der Waals surface area contributed by atoms with Crippen LogP contribution in [-0.2, 0) is 17.9 Å². The molecule has 4 aromatic rings. The SMILES string of the molecule is COc1ccccc1Cn1c(=O)c2cccnc2n(CC(=O)Nc2ccccc2OC)c1=O. The molecule has 9 heteroatoms. The van der Waals surface area contributed by atoms with Crippen molar-refractivity contribution >= 4 is 22.6 Å². The lowest BCUT2D eigenvalue weighted by molar-refractivity contribution is -0.116. The first-order chi connectivity index (χ1) is 16.0. The maximum atomic E-state index is 13.4. The zero-order valence-corrected chi connectivity index (χ0v) is 18.1. The number of carbonyl (C=O) groups is 1. The lowest BCUT2D eigenvalue weighted by Gasteiger charge is -2.15. The van der Waals surface area contributed by atoms with Gasteiger partial charge in [-0.3, -0.25) is 18.7 Å². The van der Waals surface area contributed by atoms with Crippen LogP contribution < -0.4 is 26.0 Å². The van der Waals surface area contributed by atoms with Gasteiger partial charge in [-0.2, -0.15) is 0 Å². The topological polar surface area (TPSA) is 104 Å². The Bertz CT molecular complexity index is 1440. The van der Waals surface area contributed by atoms with Gasteiger partial charge in [0.25, 0.3) is 5.56 Å². The number of carbonyl (C=O) groups excluding carboxylic acids is 1. The summed E-state index contributed by atoms with van der Waals surface area (Å²) in [4.78, 5) is 43.5. The van der Waals surface area contributed by atoms with Crippen molar-refractivity contribution < 1.29 is 14.3 Å². The second kappa shape index (κ2) is 9.39. The minimum atomic E-state index is -0.646. The minimum absolute atomic E-state index is 0.0133. The summed E-state index contributed by atoms with van der Waals surface area (Å²) in [5.41, 5.74) is 0.131. The third-order valence-electron chi connectivity index (χ3n) is 5.18. The second-order valence-electron chi connectivity index (χ2n) is 7.19. The number of anilines is 1. The number of pyridine rings is 1. The highest BCUT2D eigenvalue weighted by molar-refractivity contribution is 5.92. The molecule has 0 spiro atoms. The zero-order valence-electron chi connectivity index (χ0n) is 18.1. The monoisotopic (exact) mass is 446 g/mol. The highest BCUT2D eigenvalue weighted by atomic mass is 16.5. The molecule has 0 aliphatic carbocycles. The van der Waals surface area contributed by atoms with E-state index in [9.17, 15) is 14.4 Å². The first-order valence-corrected chi connectivity index (χ1v) is 10.2. The number of para-hydroxylation sites is 3. The van der Waals surface area contributed by atoms with Gasteiger partial charge < -0.3 is 14.8 Å². The number of fused-ring (bicyclic) bond motifs is 1. The number of hydrogen-bond acceptors (Lipinski definition) is 6.